The Bertz CT molecular complexity index is 272. The fraction of sp³-hybridized carbons (Fsp3) is 0.929. The summed E-state index contributed by atoms with van der Waals surface area (Å²) in [6.45, 7) is 1.70. The second-order valence-electron chi connectivity index (χ2n) is 6.25. The highest BCUT2D eigenvalue weighted by Crippen LogP contribution is 2.49. The Morgan fingerprint density at radius 2 is 2.00 bits per heavy atom. The number of ketones is 1. The van der Waals surface area contributed by atoms with Crippen LogP contribution in [-0.4, -0.2) is 18.9 Å². The van der Waals surface area contributed by atoms with Crippen LogP contribution in [0.2, 0.25) is 0 Å². The predicted octanol–water partition coefficient (Wildman–Crippen LogP) is 2.38. The smallest absolute Gasteiger partial charge is 0.146 e. The van der Waals surface area contributed by atoms with Gasteiger partial charge in [-0.15, -0.1) is 0 Å². The molecule has 2 bridgehead atoms. The second kappa shape index (κ2) is 4.48. The van der Waals surface area contributed by atoms with Gasteiger partial charge in [-0.25, -0.2) is 0 Å². The molecule has 2 heteroatoms. The van der Waals surface area contributed by atoms with Gasteiger partial charge >= 0.3 is 0 Å². The molecule has 3 unspecified atom stereocenters. The molecule has 0 spiro atoms. The molecule has 0 amide bonds. The molecule has 0 heterocycles. The third-order valence-electron chi connectivity index (χ3n) is 4.83. The van der Waals surface area contributed by atoms with Gasteiger partial charge in [0.15, 0.2) is 0 Å². The molecular formula is C14H23NO. The highest BCUT2D eigenvalue weighted by atomic mass is 16.1. The van der Waals surface area contributed by atoms with E-state index in [1.54, 1.807) is 0 Å². The van der Waals surface area contributed by atoms with Gasteiger partial charge in [0.1, 0.15) is 5.78 Å². The number of Topliss-reactive ketones (excluding diaryl/α,β-unsaturated/α-hetero) is 1. The van der Waals surface area contributed by atoms with Crippen molar-refractivity contribution < 1.29 is 4.79 Å². The molecule has 0 aromatic heterocycles. The van der Waals surface area contributed by atoms with Crippen LogP contribution < -0.4 is 5.32 Å². The molecular weight excluding hydrogens is 198 g/mol. The Balaban J connectivity index is 1.35. The van der Waals surface area contributed by atoms with Crippen LogP contribution in [0.15, 0.2) is 0 Å². The summed E-state index contributed by atoms with van der Waals surface area (Å²) in [7, 11) is 0. The van der Waals surface area contributed by atoms with E-state index in [1.807, 2.05) is 0 Å². The monoisotopic (exact) mass is 221 g/mol. The van der Waals surface area contributed by atoms with Gasteiger partial charge in [0.25, 0.3) is 0 Å². The number of hydrogen-bond donors (Lipinski definition) is 1. The largest absolute Gasteiger partial charge is 0.310 e. The van der Waals surface area contributed by atoms with Gasteiger partial charge < -0.3 is 5.32 Å². The summed E-state index contributed by atoms with van der Waals surface area (Å²) in [4.78, 5) is 11.8. The average molecular weight is 221 g/mol. The number of hydrogen-bond acceptors (Lipinski definition) is 2. The van der Waals surface area contributed by atoms with Crippen molar-refractivity contribution in [2.24, 2.45) is 23.7 Å². The Morgan fingerprint density at radius 1 is 1.12 bits per heavy atom. The van der Waals surface area contributed by atoms with Crippen LogP contribution in [-0.2, 0) is 4.79 Å². The van der Waals surface area contributed by atoms with E-state index in [4.69, 9.17) is 0 Å². The van der Waals surface area contributed by atoms with E-state index in [9.17, 15) is 4.79 Å². The minimum Gasteiger partial charge on any atom is -0.310 e. The van der Waals surface area contributed by atoms with E-state index in [0.29, 0.717) is 12.3 Å². The molecule has 0 aromatic carbocycles. The molecule has 3 rings (SSSR count). The van der Waals surface area contributed by atoms with Crippen LogP contribution >= 0.6 is 0 Å². The number of carbonyl (C=O) groups is 1. The van der Waals surface area contributed by atoms with Gasteiger partial charge in [0.2, 0.25) is 0 Å². The van der Waals surface area contributed by atoms with E-state index in [0.717, 1.165) is 36.6 Å². The Hall–Kier alpha value is -0.370. The van der Waals surface area contributed by atoms with Crippen molar-refractivity contribution in [2.75, 3.05) is 13.1 Å². The Morgan fingerprint density at radius 3 is 2.62 bits per heavy atom. The SMILES string of the molecule is O=C(CNCC1CC1)CC1CC2CCC1C2. The minimum atomic E-state index is 0.457. The number of rotatable bonds is 6. The van der Waals surface area contributed by atoms with Gasteiger partial charge in [-0.2, -0.15) is 0 Å². The Labute approximate surface area is 98.2 Å². The standard InChI is InChI=1S/C14H23NO/c16-14(9-15-8-10-1-2-10)7-13-6-11-3-4-12(13)5-11/h10-13,15H,1-9H2. The highest BCUT2D eigenvalue weighted by Gasteiger charge is 2.39. The van der Waals surface area contributed by atoms with Gasteiger partial charge in [0, 0.05) is 6.42 Å². The van der Waals surface area contributed by atoms with Crippen molar-refractivity contribution in [1.82, 2.24) is 5.32 Å². The van der Waals surface area contributed by atoms with Crippen molar-refractivity contribution in [3.63, 3.8) is 0 Å². The molecule has 2 nitrogen and oxygen atoms in total. The summed E-state index contributed by atoms with van der Waals surface area (Å²) in [6, 6.07) is 0. The first-order valence-corrected chi connectivity index (χ1v) is 7.03. The molecule has 3 saturated carbocycles. The average Bonchev–Trinajstić information content (AvgIpc) is 2.86. The Kier molecular flexibility index (Phi) is 3.01. The summed E-state index contributed by atoms with van der Waals surface area (Å²) < 4.78 is 0. The van der Waals surface area contributed by atoms with Gasteiger partial charge in [-0.1, -0.05) is 6.42 Å². The zero-order valence-electron chi connectivity index (χ0n) is 10.1. The van der Waals surface area contributed by atoms with Crippen LogP contribution in [0.5, 0.6) is 0 Å². The molecule has 0 aromatic rings. The molecule has 3 fully saturated rings. The fourth-order valence-electron chi connectivity index (χ4n) is 3.73. The van der Waals surface area contributed by atoms with E-state index in [2.05, 4.69) is 5.32 Å². The quantitative estimate of drug-likeness (QED) is 0.746. The van der Waals surface area contributed by atoms with E-state index in [-0.39, 0.29) is 0 Å². The molecule has 0 radical (unpaired) electrons. The summed E-state index contributed by atoms with van der Waals surface area (Å²) in [5, 5.41) is 3.32. The van der Waals surface area contributed by atoms with E-state index in [1.165, 1.54) is 38.5 Å². The first-order valence-electron chi connectivity index (χ1n) is 7.03. The van der Waals surface area contributed by atoms with Crippen molar-refractivity contribution >= 4 is 5.78 Å². The summed E-state index contributed by atoms with van der Waals surface area (Å²) in [6.07, 6.45) is 9.21. The maximum atomic E-state index is 11.8. The van der Waals surface area contributed by atoms with Crippen LogP contribution in [0.3, 0.4) is 0 Å². The lowest BCUT2D eigenvalue weighted by Gasteiger charge is -2.20. The van der Waals surface area contributed by atoms with Gasteiger partial charge in [-0.05, 0) is 62.3 Å². The maximum Gasteiger partial charge on any atom is 0.146 e. The maximum absolute atomic E-state index is 11.8. The molecule has 3 atom stereocenters. The highest BCUT2D eigenvalue weighted by molar-refractivity contribution is 5.80. The van der Waals surface area contributed by atoms with Crippen molar-refractivity contribution in [1.29, 1.82) is 0 Å². The predicted molar refractivity (Wildman–Crippen MR) is 64.2 cm³/mol. The van der Waals surface area contributed by atoms with Crippen molar-refractivity contribution in [2.45, 2.75) is 44.9 Å². The number of nitrogens with one attached hydrogen (secondary N) is 1. The van der Waals surface area contributed by atoms with E-state index < -0.39 is 0 Å². The molecule has 3 aliphatic carbocycles. The first-order chi connectivity index (χ1) is 7.81. The topological polar surface area (TPSA) is 29.1 Å². The van der Waals surface area contributed by atoms with Crippen LogP contribution in [0.25, 0.3) is 0 Å². The molecule has 1 N–H and O–H groups in total. The molecule has 0 aliphatic heterocycles. The first kappa shape index (κ1) is 10.8. The molecule has 90 valence electrons. The fourth-order valence-corrected chi connectivity index (χ4v) is 3.73. The lowest BCUT2D eigenvalue weighted by molar-refractivity contribution is -0.119. The third kappa shape index (κ3) is 2.48. The third-order valence-corrected chi connectivity index (χ3v) is 4.83. The minimum absolute atomic E-state index is 0.457. The normalized spacial score (nSPS) is 36.9. The zero-order chi connectivity index (χ0) is 11.0. The van der Waals surface area contributed by atoms with Crippen LogP contribution in [0, 0.1) is 23.7 Å². The molecule has 16 heavy (non-hydrogen) atoms. The summed E-state index contributed by atoms with van der Waals surface area (Å²) in [5.41, 5.74) is 0. The number of fused-ring (bicyclic) bond motifs is 2. The van der Waals surface area contributed by atoms with Gasteiger partial charge in [0.05, 0.1) is 6.54 Å². The number of carbonyl (C=O) groups excluding carboxylic acids is 1. The van der Waals surface area contributed by atoms with E-state index >= 15 is 0 Å². The van der Waals surface area contributed by atoms with Crippen LogP contribution in [0.1, 0.15) is 44.9 Å². The second-order valence-corrected chi connectivity index (χ2v) is 6.25. The van der Waals surface area contributed by atoms with Crippen molar-refractivity contribution in [3.8, 4) is 0 Å². The lowest BCUT2D eigenvalue weighted by atomic mass is 9.85. The van der Waals surface area contributed by atoms with Crippen LogP contribution in [0.4, 0.5) is 0 Å². The molecule has 3 aliphatic rings. The lowest BCUT2D eigenvalue weighted by Crippen LogP contribution is -2.27. The van der Waals surface area contributed by atoms with Crippen molar-refractivity contribution in [3.05, 3.63) is 0 Å². The zero-order valence-corrected chi connectivity index (χ0v) is 10.1. The molecule has 0 saturated heterocycles. The summed E-state index contributed by atoms with van der Waals surface area (Å²) in [5.74, 6) is 3.96. The summed E-state index contributed by atoms with van der Waals surface area (Å²) >= 11 is 0. The van der Waals surface area contributed by atoms with Gasteiger partial charge in [-0.3, -0.25) is 4.79 Å².